The molecule has 152 valence electrons. The van der Waals surface area contributed by atoms with E-state index in [1.807, 2.05) is 42.0 Å². The second-order valence-corrected chi connectivity index (χ2v) is 8.32. The summed E-state index contributed by atoms with van der Waals surface area (Å²) < 4.78 is 6.97. The number of benzene rings is 1. The van der Waals surface area contributed by atoms with Crippen LogP contribution in [0.4, 0.5) is 0 Å². The van der Waals surface area contributed by atoms with Gasteiger partial charge in [0.25, 0.3) is 0 Å². The highest BCUT2D eigenvalue weighted by Gasteiger charge is 2.28. The predicted molar refractivity (Wildman–Crippen MR) is 115 cm³/mol. The van der Waals surface area contributed by atoms with Crippen LogP contribution in [0, 0.1) is 0 Å². The minimum atomic E-state index is -0.597. The molecule has 0 saturated carbocycles. The van der Waals surface area contributed by atoms with Crippen LogP contribution in [0.2, 0.25) is 5.02 Å². The molecular weight excluding hydrogens is 386 g/mol. The zero-order valence-corrected chi connectivity index (χ0v) is 18.2. The van der Waals surface area contributed by atoms with Crippen LogP contribution in [-0.2, 0) is 21.4 Å². The third-order valence-corrected chi connectivity index (χ3v) is 5.42. The maximum absolute atomic E-state index is 12.8. The van der Waals surface area contributed by atoms with Crippen LogP contribution in [0.1, 0.15) is 56.1 Å². The summed E-state index contributed by atoms with van der Waals surface area (Å²) in [6, 6.07) is 11.9. The lowest BCUT2D eigenvalue weighted by atomic mass is 9.85. The molecule has 0 fully saturated rings. The number of rotatable bonds is 5. The topological polar surface area (TPSA) is 57.0 Å². The van der Waals surface area contributed by atoms with Gasteiger partial charge in [-0.25, -0.2) is 9.97 Å². The highest BCUT2D eigenvalue weighted by atomic mass is 35.5. The van der Waals surface area contributed by atoms with Crippen LogP contribution < -0.4 is 0 Å². The monoisotopic (exact) mass is 411 g/mol. The molecule has 0 aliphatic rings. The van der Waals surface area contributed by atoms with Gasteiger partial charge in [-0.3, -0.25) is 4.79 Å². The van der Waals surface area contributed by atoms with Gasteiger partial charge in [0.2, 0.25) is 0 Å². The van der Waals surface area contributed by atoms with E-state index in [1.54, 1.807) is 0 Å². The fourth-order valence-electron chi connectivity index (χ4n) is 3.35. The van der Waals surface area contributed by atoms with E-state index >= 15 is 0 Å². The number of ether oxygens (including phenoxy) is 1. The molecule has 6 heteroatoms. The number of carbonyl (C=O) groups excluding carboxylic acids is 1. The Morgan fingerprint density at radius 2 is 1.86 bits per heavy atom. The second-order valence-electron chi connectivity index (χ2n) is 7.94. The van der Waals surface area contributed by atoms with Crippen molar-refractivity contribution in [2.75, 3.05) is 7.11 Å². The highest BCUT2D eigenvalue weighted by molar-refractivity contribution is 6.32. The zero-order valence-electron chi connectivity index (χ0n) is 17.4. The average Bonchev–Trinajstić information content (AvgIpc) is 3.17. The minimum Gasteiger partial charge on any atom is -0.468 e. The van der Waals surface area contributed by atoms with Gasteiger partial charge in [-0.15, -0.1) is 0 Å². The third kappa shape index (κ3) is 4.20. The van der Waals surface area contributed by atoms with E-state index in [9.17, 15) is 4.79 Å². The van der Waals surface area contributed by atoms with Crippen LogP contribution in [0.15, 0.2) is 48.9 Å². The molecule has 2 heterocycles. The SMILES string of the molecule is CCc1ncnc(-n2cccc2C(C(=O)OC)c2ccc(C(C)(C)C)cc2)c1Cl. The number of methoxy groups -OCH3 is 1. The number of nitrogens with zero attached hydrogens (tertiary/aromatic N) is 3. The molecule has 0 N–H and O–H groups in total. The van der Waals surface area contributed by atoms with Gasteiger partial charge in [0, 0.05) is 11.9 Å². The summed E-state index contributed by atoms with van der Waals surface area (Å²) in [6.07, 6.45) is 4.04. The largest absolute Gasteiger partial charge is 0.468 e. The number of aromatic nitrogens is 3. The lowest BCUT2D eigenvalue weighted by Crippen LogP contribution is -2.20. The molecule has 0 amide bonds. The van der Waals surface area contributed by atoms with Gasteiger partial charge >= 0.3 is 5.97 Å². The summed E-state index contributed by atoms with van der Waals surface area (Å²) >= 11 is 6.55. The van der Waals surface area contributed by atoms with Crippen molar-refractivity contribution in [3.8, 4) is 5.82 Å². The van der Waals surface area contributed by atoms with Crippen molar-refractivity contribution in [3.63, 3.8) is 0 Å². The summed E-state index contributed by atoms with van der Waals surface area (Å²) in [5, 5.41) is 0.485. The van der Waals surface area contributed by atoms with Gasteiger partial charge in [-0.2, -0.15) is 0 Å². The van der Waals surface area contributed by atoms with Crippen molar-refractivity contribution in [1.82, 2.24) is 14.5 Å². The number of hydrogen-bond acceptors (Lipinski definition) is 4. The first kappa shape index (κ1) is 21.1. The maximum atomic E-state index is 12.8. The number of esters is 1. The Morgan fingerprint density at radius 1 is 1.17 bits per heavy atom. The van der Waals surface area contributed by atoms with Crippen molar-refractivity contribution in [2.24, 2.45) is 0 Å². The summed E-state index contributed by atoms with van der Waals surface area (Å²) in [7, 11) is 1.40. The molecular formula is C23H26ClN3O2. The van der Waals surface area contributed by atoms with Gasteiger partial charge in [-0.1, -0.05) is 63.6 Å². The molecule has 3 aromatic rings. The maximum Gasteiger partial charge on any atom is 0.319 e. The van der Waals surface area contributed by atoms with E-state index < -0.39 is 5.92 Å². The van der Waals surface area contributed by atoms with Crippen LogP contribution in [0.3, 0.4) is 0 Å². The Balaban J connectivity index is 2.12. The summed E-state index contributed by atoms with van der Waals surface area (Å²) in [5.74, 6) is -0.381. The Bertz CT molecular complexity index is 1000. The second kappa shape index (κ2) is 8.37. The molecule has 0 aliphatic carbocycles. The van der Waals surface area contributed by atoms with Gasteiger partial charge < -0.3 is 9.30 Å². The van der Waals surface area contributed by atoms with Gasteiger partial charge in [0.05, 0.1) is 12.8 Å². The van der Waals surface area contributed by atoms with E-state index in [4.69, 9.17) is 16.3 Å². The number of aryl methyl sites for hydroxylation is 1. The van der Waals surface area contributed by atoms with Crippen molar-refractivity contribution < 1.29 is 9.53 Å². The van der Waals surface area contributed by atoms with Crippen molar-refractivity contribution in [3.05, 3.63) is 76.5 Å². The first-order chi connectivity index (χ1) is 13.8. The summed E-state index contributed by atoms with van der Waals surface area (Å²) in [6.45, 7) is 8.47. The van der Waals surface area contributed by atoms with E-state index in [2.05, 4.69) is 42.9 Å². The highest BCUT2D eigenvalue weighted by Crippen LogP contribution is 2.32. The first-order valence-corrected chi connectivity index (χ1v) is 10.0. The Kier molecular flexibility index (Phi) is 6.08. The Labute approximate surface area is 176 Å². The predicted octanol–water partition coefficient (Wildman–Crippen LogP) is 5.09. The molecule has 1 aromatic carbocycles. The minimum absolute atomic E-state index is 0.0323. The summed E-state index contributed by atoms with van der Waals surface area (Å²) in [4.78, 5) is 21.4. The van der Waals surface area contributed by atoms with Crippen molar-refractivity contribution in [1.29, 1.82) is 0 Å². The Hall–Kier alpha value is -2.66. The molecule has 29 heavy (non-hydrogen) atoms. The summed E-state index contributed by atoms with van der Waals surface area (Å²) in [5.41, 5.74) is 3.59. The van der Waals surface area contributed by atoms with Gasteiger partial charge in [0.1, 0.15) is 17.3 Å². The quantitative estimate of drug-likeness (QED) is 0.549. The fourth-order valence-corrected chi connectivity index (χ4v) is 3.68. The molecule has 3 rings (SSSR count). The standard InChI is InChI=1S/C23H26ClN3O2/c1-6-17-20(24)21(26-14-25-17)27-13-7-8-18(27)19(22(28)29-5)15-9-11-16(12-10-15)23(2,3)4/h7-14,19H,6H2,1-5H3. The zero-order chi connectivity index (χ0) is 21.2. The molecule has 0 radical (unpaired) electrons. The van der Waals surface area contributed by atoms with Gasteiger partial charge in [0.15, 0.2) is 5.82 Å². The average molecular weight is 412 g/mol. The third-order valence-electron chi connectivity index (χ3n) is 5.03. The van der Waals surface area contributed by atoms with Crippen LogP contribution >= 0.6 is 11.6 Å². The normalized spacial score (nSPS) is 12.6. The van der Waals surface area contributed by atoms with Crippen LogP contribution in [0.5, 0.6) is 0 Å². The molecule has 0 bridgehead atoms. The van der Waals surface area contributed by atoms with E-state index in [0.717, 1.165) is 17.0 Å². The molecule has 0 saturated heterocycles. The van der Waals surface area contributed by atoms with Crippen LogP contribution in [-0.4, -0.2) is 27.6 Å². The number of carbonyl (C=O) groups is 1. The smallest absolute Gasteiger partial charge is 0.319 e. The first-order valence-electron chi connectivity index (χ1n) is 9.63. The fraction of sp³-hybridized carbons (Fsp3) is 0.348. The van der Waals surface area contributed by atoms with Crippen molar-refractivity contribution >= 4 is 17.6 Å². The van der Waals surface area contributed by atoms with Crippen molar-refractivity contribution in [2.45, 2.75) is 45.4 Å². The number of halogens is 1. The van der Waals surface area contributed by atoms with E-state index in [-0.39, 0.29) is 11.4 Å². The molecule has 0 spiro atoms. The van der Waals surface area contributed by atoms with Crippen LogP contribution in [0.25, 0.3) is 5.82 Å². The lowest BCUT2D eigenvalue weighted by molar-refractivity contribution is -0.141. The molecule has 5 nitrogen and oxygen atoms in total. The molecule has 1 atom stereocenters. The lowest BCUT2D eigenvalue weighted by Gasteiger charge is -2.22. The van der Waals surface area contributed by atoms with E-state index in [1.165, 1.54) is 19.0 Å². The molecule has 1 unspecified atom stereocenters. The number of hydrogen-bond donors (Lipinski definition) is 0. The Morgan fingerprint density at radius 3 is 2.45 bits per heavy atom. The van der Waals surface area contributed by atoms with E-state index in [0.29, 0.717) is 17.3 Å². The molecule has 2 aromatic heterocycles. The molecule has 0 aliphatic heterocycles. The van der Waals surface area contributed by atoms with Gasteiger partial charge in [-0.05, 0) is 35.1 Å².